The molecule has 2 aromatic rings. The van der Waals surface area contributed by atoms with Crippen LogP contribution in [0, 0.1) is 0 Å². The number of nitrogens with zero attached hydrogens (tertiary/aromatic N) is 1. The molecule has 0 saturated heterocycles. The largest absolute Gasteiger partial charge is 0.437 e. The van der Waals surface area contributed by atoms with Crippen molar-refractivity contribution >= 4 is 5.69 Å². The molecule has 1 heterocycles. The minimum absolute atomic E-state index is 0.0228. The van der Waals surface area contributed by atoms with Gasteiger partial charge in [-0.2, -0.15) is 0 Å². The number of nitrogen functional groups attached to an aromatic ring is 1. The van der Waals surface area contributed by atoms with E-state index in [0.717, 1.165) is 0 Å². The molecule has 100 valence electrons. The first-order valence-electron chi connectivity index (χ1n) is 5.44. The molecule has 0 atom stereocenters. The highest BCUT2D eigenvalue weighted by atomic mass is 19.3. The first-order valence-corrected chi connectivity index (χ1v) is 5.44. The minimum Gasteiger partial charge on any atom is -0.437 e. The zero-order chi connectivity index (χ0) is 13.8. The fourth-order valence-electron chi connectivity index (χ4n) is 1.46. The molecule has 0 aliphatic heterocycles. The van der Waals surface area contributed by atoms with Crippen LogP contribution in [0.3, 0.4) is 0 Å². The molecule has 1 aromatic heterocycles. The van der Waals surface area contributed by atoms with Crippen LogP contribution in [0.4, 0.5) is 14.5 Å². The van der Waals surface area contributed by atoms with Crippen LogP contribution >= 0.6 is 0 Å². The SMILES string of the molecule is Nc1c(Oc2ccc(CC(F)F)cc2)nc[nH]c1=O. The summed E-state index contributed by atoms with van der Waals surface area (Å²) in [7, 11) is 0. The van der Waals surface area contributed by atoms with Gasteiger partial charge in [-0.3, -0.25) is 4.79 Å². The van der Waals surface area contributed by atoms with Crippen molar-refractivity contribution in [3.8, 4) is 11.6 Å². The summed E-state index contributed by atoms with van der Waals surface area (Å²) in [4.78, 5) is 17.3. The Labute approximate surface area is 107 Å². The number of anilines is 1. The Morgan fingerprint density at radius 1 is 1.32 bits per heavy atom. The first kappa shape index (κ1) is 13.0. The Morgan fingerprint density at radius 2 is 2.00 bits per heavy atom. The summed E-state index contributed by atoms with van der Waals surface area (Å²) in [6.07, 6.45) is -1.54. The van der Waals surface area contributed by atoms with Crippen molar-refractivity contribution in [1.29, 1.82) is 0 Å². The van der Waals surface area contributed by atoms with Gasteiger partial charge in [0.25, 0.3) is 5.56 Å². The molecule has 19 heavy (non-hydrogen) atoms. The van der Waals surface area contributed by atoms with Crippen LogP contribution in [0.25, 0.3) is 0 Å². The molecule has 0 amide bonds. The monoisotopic (exact) mass is 267 g/mol. The van der Waals surface area contributed by atoms with Gasteiger partial charge in [-0.15, -0.1) is 0 Å². The Balaban J connectivity index is 2.15. The standard InChI is InChI=1S/C12H11F2N3O2/c13-9(14)5-7-1-3-8(4-2-7)19-12-10(15)11(18)16-6-17-12/h1-4,6,9H,5,15H2,(H,16,17,18). The Kier molecular flexibility index (Phi) is 3.74. The van der Waals surface area contributed by atoms with Crippen LogP contribution in [0.2, 0.25) is 0 Å². The van der Waals surface area contributed by atoms with Crippen LogP contribution in [0.1, 0.15) is 5.56 Å². The summed E-state index contributed by atoms with van der Waals surface area (Å²) in [5.74, 6) is 0.341. The van der Waals surface area contributed by atoms with E-state index in [0.29, 0.717) is 11.3 Å². The van der Waals surface area contributed by atoms with Gasteiger partial charge in [0.05, 0.1) is 6.33 Å². The van der Waals surface area contributed by atoms with Crippen LogP contribution in [0.15, 0.2) is 35.4 Å². The van der Waals surface area contributed by atoms with Crippen molar-refractivity contribution in [3.63, 3.8) is 0 Å². The zero-order valence-electron chi connectivity index (χ0n) is 9.77. The highest BCUT2D eigenvalue weighted by Gasteiger charge is 2.08. The number of aromatic nitrogens is 2. The molecular weight excluding hydrogens is 256 g/mol. The van der Waals surface area contributed by atoms with Crippen molar-refractivity contribution in [1.82, 2.24) is 9.97 Å². The van der Waals surface area contributed by atoms with Gasteiger partial charge in [0.1, 0.15) is 5.75 Å². The van der Waals surface area contributed by atoms with Crippen LogP contribution < -0.4 is 16.0 Å². The minimum atomic E-state index is -2.39. The molecule has 0 bridgehead atoms. The average Bonchev–Trinajstić information content (AvgIpc) is 2.37. The second kappa shape index (κ2) is 5.47. The Bertz CT molecular complexity index is 611. The van der Waals surface area contributed by atoms with E-state index in [-0.39, 0.29) is 18.0 Å². The molecule has 0 aliphatic rings. The van der Waals surface area contributed by atoms with Crippen LogP contribution in [-0.4, -0.2) is 16.4 Å². The summed E-state index contributed by atoms with van der Waals surface area (Å²) < 4.78 is 29.6. The Hall–Kier alpha value is -2.44. The average molecular weight is 267 g/mol. The summed E-state index contributed by atoms with van der Waals surface area (Å²) >= 11 is 0. The lowest BCUT2D eigenvalue weighted by Crippen LogP contribution is -2.13. The molecular formula is C12H11F2N3O2. The van der Waals surface area contributed by atoms with Gasteiger partial charge in [0, 0.05) is 6.42 Å². The third-order valence-corrected chi connectivity index (χ3v) is 2.38. The maximum atomic E-state index is 12.2. The number of hydrogen-bond acceptors (Lipinski definition) is 4. The smallest absolute Gasteiger partial charge is 0.277 e. The quantitative estimate of drug-likeness (QED) is 0.887. The molecule has 1 aromatic carbocycles. The highest BCUT2D eigenvalue weighted by Crippen LogP contribution is 2.22. The second-order valence-electron chi connectivity index (χ2n) is 3.79. The van der Waals surface area contributed by atoms with E-state index in [9.17, 15) is 13.6 Å². The van der Waals surface area contributed by atoms with Gasteiger partial charge in [-0.05, 0) is 17.7 Å². The van der Waals surface area contributed by atoms with Gasteiger partial charge in [-0.25, -0.2) is 13.8 Å². The fourth-order valence-corrected chi connectivity index (χ4v) is 1.46. The molecule has 2 rings (SSSR count). The maximum absolute atomic E-state index is 12.2. The van der Waals surface area contributed by atoms with Crippen LogP contribution in [0.5, 0.6) is 11.6 Å². The molecule has 0 aliphatic carbocycles. The second-order valence-corrected chi connectivity index (χ2v) is 3.79. The molecule has 0 unspecified atom stereocenters. The number of alkyl halides is 2. The lowest BCUT2D eigenvalue weighted by Gasteiger charge is -2.07. The fraction of sp³-hybridized carbons (Fsp3) is 0.167. The normalized spacial score (nSPS) is 10.7. The number of ether oxygens (including phenoxy) is 1. The van der Waals surface area contributed by atoms with E-state index in [4.69, 9.17) is 10.5 Å². The first-order chi connectivity index (χ1) is 9.06. The van der Waals surface area contributed by atoms with Gasteiger partial charge < -0.3 is 15.5 Å². The Morgan fingerprint density at radius 3 is 2.63 bits per heavy atom. The summed E-state index contributed by atoms with van der Waals surface area (Å²) in [6, 6.07) is 6.07. The van der Waals surface area contributed by atoms with E-state index in [1.807, 2.05) is 0 Å². The molecule has 0 radical (unpaired) electrons. The van der Waals surface area contributed by atoms with E-state index in [2.05, 4.69) is 9.97 Å². The number of H-pyrrole nitrogens is 1. The number of aromatic amines is 1. The van der Waals surface area contributed by atoms with E-state index < -0.39 is 12.0 Å². The van der Waals surface area contributed by atoms with E-state index >= 15 is 0 Å². The van der Waals surface area contributed by atoms with Gasteiger partial charge in [-0.1, -0.05) is 12.1 Å². The molecule has 7 heteroatoms. The highest BCUT2D eigenvalue weighted by molar-refractivity contribution is 5.47. The van der Waals surface area contributed by atoms with E-state index in [1.54, 1.807) is 0 Å². The lowest BCUT2D eigenvalue weighted by molar-refractivity contribution is 0.149. The number of hydrogen-bond donors (Lipinski definition) is 2. The number of halogens is 2. The summed E-state index contributed by atoms with van der Waals surface area (Å²) in [5.41, 5.74) is 5.35. The lowest BCUT2D eigenvalue weighted by atomic mass is 10.1. The third kappa shape index (κ3) is 3.27. The molecule has 0 spiro atoms. The van der Waals surface area contributed by atoms with Crippen LogP contribution in [-0.2, 0) is 6.42 Å². The zero-order valence-corrected chi connectivity index (χ0v) is 9.77. The third-order valence-electron chi connectivity index (χ3n) is 2.38. The molecule has 0 saturated carbocycles. The number of benzene rings is 1. The predicted octanol–water partition coefficient (Wildman–Crippen LogP) is 1.95. The van der Waals surface area contributed by atoms with Gasteiger partial charge >= 0.3 is 0 Å². The predicted molar refractivity (Wildman–Crippen MR) is 65.5 cm³/mol. The summed E-state index contributed by atoms with van der Waals surface area (Å²) in [6.45, 7) is 0. The van der Waals surface area contributed by atoms with Gasteiger partial charge in [0.15, 0.2) is 5.69 Å². The molecule has 5 nitrogen and oxygen atoms in total. The van der Waals surface area contributed by atoms with Crippen molar-refractivity contribution in [2.75, 3.05) is 5.73 Å². The van der Waals surface area contributed by atoms with Crippen molar-refractivity contribution < 1.29 is 13.5 Å². The van der Waals surface area contributed by atoms with E-state index in [1.165, 1.54) is 30.6 Å². The van der Waals surface area contributed by atoms with Crippen molar-refractivity contribution in [2.24, 2.45) is 0 Å². The topological polar surface area (TPSA) is 81.0 Å². The number of rotatable bonds is 4. The molecule has 0 fully saturated rings. The molecule has 3 N–H and O–H groups in total. The van der Waals surface area contributed by atoms with Gasteiger partial charge in [0.2, 0.25) is 12.3 Å². The van der Waals surface area contributed by atoms with Crippen molar-refractivity contribution in [3.05, 3.63) is 46.5 Å². The number of nitrogens with one attached hydrogen (secondary N) is 1. The maximum Gasteiger partial charge on any atom is 0.277 e. The number of nitrogens with two attached hydrogens (primary N) is 1. The van der Waals surface area contributed by atoms with Crippen molar-refractivity contribution in [2.45, 2.75) is 12.8 Å². The summed E-state index contributed by atoms with van der Waals surface area (Å²) in [5, 5.41) is 0.